The molecule has 0 aromatic rings. The van der Waals surface area contributed by atoms with Crippen LogP contribution in [0.4, 0.5) is 0 Å². The zero-order valence-corrected chi connectivity index (χ0v) is 15.7. The minimum atomic E-state index is -0.0903. The Hall–Kier alpha value is -0.0200. The van der Waals surface area contributed by atoms with E-state index in [1.54, 1.807) is 0 Å². The van der Waals surface area contributed by atoms with Crippen LogP contribution < -0.4 is 5.32 Å². The van der Waals surface area contributed by atoms with Crippen molar-refractivity contribution >= 4 is 17.5 Å². The Bertz CT molecular complexity index is 433. The highest BCUT2D eigenvalue weighted by Gasteiger charge is 2.51. The van der Waals surface area contributed by atoms with Crippen LogP contribution in [0.25, 0.3) is 0 Å². The first-order chi connectivity index (χ1) is 11.0. The standard InChI is InChI=1S/C20H33NOS/c1-14(22)20(6-4-3-5-7-20)23-15(2)21-19-11-16-8-17(12-19)10-18(9-16)13-19/h15-18,21H,3-13H2,1-2H3. The average Bonchev–Trinajstić information content (AvgIpc) is 2.45. The zero-order chi connectivity index (χ0) is 16.1. The second-order valence-electron chi connectivity index (χ2n) is 9.21. The quantitative estimate of drug-likeness (QED) is 0.723. The van der Waals surface area contributed by atoms with Gasteiger partial charge in [-0.25, -0.2) is 0 Å². The summed E-state index contributed by atoms with van der Waals surface area (Å²) in [4.78, 5) is 12.4. The molecule has 1 unspecified atom stereocenters. The van der Waals surface area contributed by atoms with Gasteiger partial charge < -0.3 is 0 Å². The number of thioether (sulfide) groups is 1. The van der Waals surface area contributed by atoms with Crippen molar-refractivity contribution in [2.24, 2.45) is 17.8 Å². The van der Waals surface area contributed by atoms with Crippen molar-refractivity contribution in [3.8, 4) is 0 Å². The van der Waals surface area contributed by atoms with E-state index in [0.29, 0.717) is 16.7 Å². The molecular weight excluding hydrogens is 302 g/mol. The molecule has 1 N–H and O–H groups in total. The summed E-state index contributed by atoms with van der Waals surface area (Å²) in [6, 6.07) is 0. The van der Waals surface area contributed by atoms with Gasteiger partial charge in [0, 0.05) is 5.54 Å². The van der Waals surface area contributed by atoms with Crippen molar-refractivity contribution in [2.75, 3.05) is 0 Å². The first-order valence-electron chi connectivity index (χ1n) is 9.95. The Labute approximate surface area is 145 Å². The van der Waals surface area contributed by atoms with Crippen LogP contribution in [0.5, 0.6) is 0 Å². The molecule has 1 atom stereocenters. The van der Waals surface area contributed by atoms with Gasteiger partial charge in [0.25, 0.3) is 0 Å². The predicted octanol–water partition coefficient (Wildman–Crippen LogP) is 4.92. The van der Waals surface area contributed by atoms with Crippen molar-refractivity contribution in [2.45, 2.75) is 100 Å². The minimum Gasteiger partial charge on any atom is -0.300 e. The second-order valence-corrected chi connectivity index (χ2v) is 10.9. The van der Waals surface area contributed by atoms with Gasteiger partial charge in [-0.15, -0.1) is 11.8 Å². The molecule has 0 aromatic heterocycles. The fourth-order valence-electron chi connectivity index (χ4n) is 6.76. The molecule has 5 rings (SSSR count). The number of hydrogen-bond acceptors (Lipinski definition) is 3. The van der Waals surface area contributed by atoms with Gasteiger partial charge >= 0.3 is 0 Å². The van der Waals surface area contributed by atoms with Crippen LogP contribution in [0.3, 0.4) is 0 Å². The molecule has 3 heteroatoms. The molecule has 5 fully saturated rings. The van der Waals surface area contributed by atoms with Gasteiger partial charge in [-0.05, 0) is 83.0 Å². The van der Waals surface area contributed by atoms with E-state index < -0.39 is 0 Å². The maximum absolute atomic E-state index is 12.4. The van der Waals surface area contributed by atoms with Gasteiger partial charge in [-0.2, -0.15) is 0 Å². The molecule has 0 aromatic carbocycles. The van der Waals surface area contributed by atoms with Crippen molar-refractivity contribution in [1.82, 2.24) is 5.32 Å². The van der Waals surface area contributed by atoms with Gasteiger partial charge in [-0.3, -0.25) is 10.1 Å². The van der Waals surface area contributed by atoms with E-state index in [1.807, 2.05) is 18.7 Å². The number of carbonyl (C=O) groups is 1. The Kier molecular flexibility index (Phi) is 4.33. The average molecular weight is 336 g/mol. The number of rotatable bonds is 5. The van der Waals surface area contributed by atoms with Gasteiger partial charge in [0.05, 0.1) is 10.1 Å². The Morgan fingerprint density at radius 1 is 1.00 bits per heavy atom. The highest BCUT2D eigenvalue weighted by Crippen LogP contribution is 2.56. The Morgan fingerprint density at radius 2 is 1.52 bits per heavy atom. The molecule has 0 heterocycles. The highest BCUT2D eigenvalue weighted by atomic mass is 32.2. The molecule has 4 bridgehead atoms. The van der Waals surface area contributed by atoms with Gasteiger partial charge in [0.15, 0.2) is 0 Å². The van der Waals surface area contributed by atoms with E-state index in [9.17, 15) is 4.79 Å². The van der Waals surface area contributed by atoms with Crippen molar-refractivity contribution in [3.63, 3.8) is 0 Å². The zero-order valence-electron chi connectivity index (χ0n) is 14.9. The molecule has 0 radical (unpaired) electrons. The SMILES string of the molecule is CC(=O)C1(SC(C)NC23CC4CC(CC(C4)C2)C3)CCCCC1. The summed E-state index contributed by atoms with van der Waals surface area (Å²) >= 11 is 1.96. The topological polar surface area (TPSA) is 29.1 Å². The van der Waals surface area contributed by atoms with E-state index in [4.69, 9.17) is 0 Å². The van der Waals surface area contributed by atoms with E-state index in [2.05, 4.69) is 12.2 Å². The molecule has 0 spiro atoms. The van der Waals surface area contributed by atoms with Crippen LogP contribution in [0.1, 0.15) is 84.5 Å². The second kappa shape index (κ2) is 6.05. The van der Waals surface area contributed by atoms with E-state index >= 15 is 0 Å². The summed E-state index contributed by atoms with van der Waals surface area (Å²) in [6.45, 7) is 4.15. The van der Waals surface area contributed by atoms with Gasteiger partial charge in [0.1, 0.15) is 5.78 Å². The fourth-order valence-corrected chi connectivity index (χ4v) is 8.44. The Balaban J connectivity index is 1.43. The summed E-state index contributed by atoms with van der Waals surface area (Å²) in [5.74, 6) is 3.38. The number of Topliss-reactive ketones (excluding diaryl/α,β-unsaturated/α-hetero) is 1. The molecule has 5 aliphatic carbocycles. The fraction of sp³-hybridized carbons (Fsp3) is 0.950. The lowest BCUT2D eigenvalue weighted by Crippen LogP contribution is -2.60. The van der Waals surface area contributed by atoms with Gasteiger partial charge in [0.2, 0.25) is 0 Å². The summed E-state index contributed by atoms with van der Waals surface area (Å²) in [7, 11) is 0. The van der Waals surface area contributed by atoms with Crippen molar-refractivity contribution in [1.29, 1.82) is 0 Å². The third-order valence-corrected chi connectivity index (χ3v) is 8.87. The predicted molar refractivity (Wildman–Crippen MR) is 97.6 cm³/mol. The lowest BCUT2D eigenvalue weighted by molar-refractivity contribution is -0.120. The molecule has 5 saturated carbocycles. The molecule has 130 valence electrons. The summed E-state index contributed by atoms with van der Waals surface area (Å²) < 4.78 is -0.0903. The monoisotopic (exact) mass is 335 g/mol. The molecule has 2 nitrogen and oxygen atoms in total. The number of hydrogen-bond donors (Lipinski definition) is 1. The maximum Gasteiger partial charge on any atom is 0.145 e. The van der Waals surface area contributed by atoms with Gasteiger partial charge in [-0.1, -0.05) is 19.3 Å². The highest BCUT2D eigenvalue weighted by molar-refractivity contribution is 8.01. The maximum atomic E-state index is 12.4. The summed E-state index contributed by atoms with van der Waals surface area (Å²) in [5.41, 5.74) is 0.411. The molecule has 5 aliphatic rings. The summed E-state index contributed by atoms with van der Waals surface area (Å²) in [5, 5.41) is 4.47. The van der Waals surface area contributed by atoms with Crippen LogP contribution in [0.2, 0.25) is 0 Å². The van der Waals surface area contributed by atoms with Crippen LogP contribution in [-0.2, 0) is 4.79 Å². The number of ketones is 1. The smallest absolute Gasteiger partial charge is 0.145 e. The van der Waals surface area contributed by atoms with Crippen LogP contribution >= 0.6 is 11.8 Å². The minimum absolute atomic E-state index is 0.0903. The molecule has 0 aliphatic heterocycles. The van der Waals surface area contributed by atoms with Crippen molar-refractivity contribution < 1.29 is 4.79 Å². The van der Waals surface area contributed by atoms with E-state index in [1.165, 1.54) is 57.8 Å². The number of carbonyl (C=O) groups excluding carboxylic acids is 1. The Morgan fingerprint density at radius 3 is 2.00 bits per heavy atom. The molecule has 0 amide bonds. The largest absolute Gasteiger partial charge is 0.300 e. The third kappa shape index (κ3) is 3.13. The van der Waals surface area contributed by atoms with E-state index in [-0.39, 0.29) is 4.75 Å². The lowest BCUT2D eigenvalue weighted by atomic mass is 9.53. The number of nitrogens with one attached hydrogen (secondary N) is 1. The normalized spacial score (nSPS) is 42.6. The van der Waals surface area contributed by atoms with Crippen LogP contribution in [0.15, 0.2) is 0 Å². The molecular formula is C20H33NOS. The molecule has 0 saturated heterocycles. The van der Waals surface area contributed by atoms with Crippen molar-refractivity contribution in [3.05, 3.63) is 0 Å². The first-order valence-corrected chi connectivity index (χ1v) is 10.8. The van der Waals surface area contributed by atoms with Crippen LogP contribution in [0, 0.1) is 17.8 Å². The first kappa shape index (κ1) is 16.4. The third-order valence-electron chi connectivity index (χ3n) is 7.25. The summed E-state index contributed by atoms with van der Waals surface area (Å²) in [6.07, 6.45) is 14.7. The lowest BCUT2D eigenvalue weighted by Gasteiger charge is -2.58. The molecule has 23 heavy (non-hydrogen) atoms. The van der Waals surface area contributed by atoms with Crippen LogP contribution in [-0.4, -0.2) is 21.4 Å². The van der Waals surface area contributed by atoms with E-state index in [0.717, 1.165) is 30.6 Å².